The van der Waals surface area contributed by atoms with Crippen molar-refractivity contribution in [3.8, 4) is 0 Å². The van der Waals surface area contributed by atoms with E-state index in [1.165, 1.54) is 18.2 Å². The Morgan fingerprint density at radius 2 is 1.74 bits per heavy atom. The molecular weight excluding hydrogens is 357 g/mol. The molecule has 0 aliphatic carbocycles. The summed E-state index contributed by atoms with van der Waals surface area (Å²) in [7, 11) is -3.75. The van der Waals surface area contributed by atoms with E-state index in [2.05, 4.69) is 20.7 Å². The second-order valence-corrected chi connectivity index (χ2v) is 6.63. The fraction of sp³-hybridized carbons (Fsp3) is 0. The van der Waals surface area contributed by atoms with Crippen LogP contribution in [0.25, 0.3) is 0 Å². The van der Waals surface area contributed by atoms with Crippen molar-refractivity contribution < 1.29 is 12.8 Å². The Bertz CT molecular complexity index is 704. The molecule has 0 atom stereocenters. The first-order valence-electron chi connectivity index (χ1n) is 5.12. The zero-order chi connectivity index (χ0) is 14.0. The van der Waals surface area contributed by atoms with Crippen molar-refractivity contribution in [1.29, 1.82) is 0 Å². The van der Waals surface area contributed by atoms with Crippen LogP contribution in [0.5, 0.6) is 0 Å². The minimum atomic E-state index is -3.75. The van der Waals surface area contributed by atoms with Gasteiger partial charge in [0.25, 0.3) is 10.0 Å². The molecule has 2 aromatic rings. The average molecular weight is 365 g/mol. The number of hydrogen-bond donors (Lipinski definition) is 1. The lowest BCUT2D eigenvalue weighted by molar-refractivity contribution is 0.599. The third-order valence-electron chi connectivity index (χ3n) is 2.30. The van der Waals surface area contributed by atoms with Gasteiger partial charge in [-0.1, -0.05) is 11.6 Å². The molecule has 2 rings (SSSR count). The van der Waals surface area contributed by atoms with E-state index >= 15 is 0 Å². The van der Waals surface area contributed by atoms with E-state index in [1.807, 2.05) is 0 Å². The van der Waals surface area contributed by atoms with E-state index in [0.717, 1.165) is 12.1 Å². The Morgan fingerprint density at radius 1 is 1.11 bits per heavy atom. The average Bonchev–Trinajstić information content (AvgIpc) is 2.34. The van der Waals surface area contributed by atoms with Crippen LogP contribution in [-0.4, -0.2) is 8.42 Å². The number of rotatable bonds is 3. The van der Waals surface area contributed by atoms with E-state index in [1.54, 1.807) is 12.1 Å². The number of hydrogen-bond acceptors (Lipinski definition) is 2. The molecule has 0 aliphatic heterocycles. The monoisotopic (exact) mass is 363 g/mol. The maximum absolute atomic E-state index is 12.8. The molecule has 0 aromatic heterocycles. The predicted octanol–water partition coefficient (Wildman–Crippen LogP) is 4.04. The largest absolute Gasteiger partial charge is 0.280 e. The summed E-state index contributed by atoms with van der Waals surface area (Å²) in [6.07, 6.45) is 0. The molecule has 1 N–H and O–H groups in total. The number of sulfonamides is 1. The summed E-state index contributed by atoms with van der Waals surface area (Å²) < 4.78 is 39.8. The van der Waals surface area contributed by atoms with Crippen LogP contribution in [0.4, 0.5) is 10.1 Å². The molecule has 0 amide bonds. The highest BCUT2D eigenvalue weighted by Crippen LogP contribution is 2.26. The van der Waals surface area contributed by atoms with Crippen LogP contribution in [-0.2, 0) is 10.0 Å². The Kier molecular flexibility index (Phi) is 4.13. The zero-order valence-electron chi connectivity index (χ0n) is 9.40. The van der Waals surface area contributed by atoms with Crippen LogP contribution in [0.2, 0.25) is 5.02 Å². The number of benzene rings is 2. The fourth-order valence-electron chi connectivity index (χ4n) is 1.39. The quantitative estimate of drug-likeness (QED) is 0.893. The maximum Gasteiger partial charge on any atom is 0.261 e. The minimum absolute atomic E-state index is 0.0204. The maximum atomic E-state index is 12.8. The van der Waals surface area contributed by atoms with Crippen molar-refractivity contribution in [3.05, 3.63) is 57.8 Å². The van der Waals surface area contributed by atoms with Crippen molar-refractivity contribution in [2.45, 2.75) is 4.90 Å². The van der Waals surface area contributed by atoms with Gasteiger partial charge in [-0.25, -0.2) is 12.8 Å². The molecule has 0 fully saturated rings. The summed E-state index contributed by atoms with van der Waals surface area (Å²) in [5, 5.41) is 0.388. The molecule has 0 unspecified atom stereocenters. The molecule has 3 nitrogen and oxygen atoms in total. The number of anilines is 1. The van der Waals surface area contributed by atoms with Gasteiger partial charge < -0.3 is 0 Å². The van der Waals surface area contributed by atoms with Gasteiger partial charge in [0.05, 0.1) is 15.6 Å². The van der Waals surface area contributed by atoms with Crippen LogP contribution in [0, 0.1) is 5.82 Å². The topological polar surface area (TPSA) is 46.2 Å². The smallest absolute Gasteiger partial charge is 0.261 e. The van der Waals surface area contributed by atoms with Gasteiger partial charge in [0, 0.05) is 4.47 Å². The van der Waals surface area contributed by atoms with E-state index in [0.29, 0.717) is 15.2 Å². The van der Waals surface area contributed by atoms with Crippen molar-refractivity contribution in [1.82, 2.24) is 0 Å². The summed E-state index contributed by atoms with van der Waals surface area (Å²) >= 11 is 9.09. The van der Waals surface area contributed by atoms with E-state index in [9.17, 15) is 12.8 Å². The first kappa shape index (κ1) is 14.3. The molecule has 0 saturated carbocycles. The molecule has 100 valence electrons. The number of nitrogens with one attached hydrogen (secondary N) is 1. The Morgan fingerprint density at radius 3 is 2.32 bits per heavy atom. The van der Waals surface area contributed by atoms with E-state index < -0.39 is 15.8 Å². The molecule has 0 radical (unpaired) electrons. The highest BCUT2D eigenvalue weighted by molar-refractivity contribution is 9.10. The van der Waals surface area contributed by atoms with Crippen LogP contribution >= 0.6 is 27.5 Å². The molecular formula is C12H8BrClFNO2S. The van der Waals surface area contributed by atoms with Gasteiger partial charge in [-0.05, 0) is 58.4 Å². The summed E-state index contributed by atoms with van der Waals surface area (Å²) in [6, 6.07) is 9.23. The van der Waals surface area contributed by atoms with Crippen molar-refractivity contribution >= 4 is 43.2 Å². The van der Waals surface area contributed by atoms with Gasteiger partial charge in [0.2, 0.25) is 0 Å². The second-order valence-electron chi connectivity index (χ2n) is 3.69. The summed E-state index contributed by atoms with van der Waals surface area (Å²) in [4.78, 5) is -0.0204. The molecule has 0 bridgehead atoms. The third-order valence-corrected chi connectivity index (χ3v) is 4.93. The standard InChI is InChI=1S/C12H8BrClFNO2S/c13-11-6-3-9(7-12(11)14)16-19(17,18)10-4-1-8(15)2-5-10/h1-7,16H. The molecule has 0 spiro atoms. The Balaban J connectivity index is 2.30. The molecule has 19 heavy (non-hydrogen) atoms. The van der Waals surface area contributed by atoms with Gasteiger partial charge in [-0.2, -0.15) is 0 Å². The summed E-state index contributed by atoms with van der Waals surface area (Å²) in [6.45, 7) is 0. The lowest BCUT2D eigenvalue weighted by Crippen LogP contribution is -2.12. The highest BCUT2D eigenvalue weighted by Gasteiger charge is 2.14. The van der Waals surface area contributed by atoms with Crippen molar-refractivity contribution in [2.75, 3.05) is 4.72 Å². The van der Waals surface area contributed by atoms with Gasteiger partial charge in [0.1, 0.15) is 5.82 Å². The molecule has 0 heterocycles. The first-order chi connectivity index (χ1) is 8.88. The molecule has 0 aliphatic rings. The van der Waals surface area contributed by atoms with Gasteiger partial charge in [-0.3, -0.25) is 4.72 Å². The Hall–Kier alpha value is -1.11. The van der Waals surface area contributed by atoms with Crippen LogP contribution < -0.4 is 4.72 Å². The number of halogens is 3. The first-order valence-corrected chi connectivity index (χ1v) is 7.77. The predicted molar refractivity (Wildman–Crippen MR) is 76.4 cm³/mol. The van der Waals surface area contributed by atoms with E-state index in [4.69, 9.17) is 11.6 Å². The van der Waals surface area contributed by atoms with Crippen molar-refractivity contribution in [2.24, 2.45) is 0 Å². The fourth-order valence-corrected chi connectivity index (χ4v) is 2.86. The Labute approximate surface area is 123 Å². The van der Waals surface area contributed by atoms with Gasteiger partial charge in [-0.15, -0.1) is 0 Å². The van der Waals surface area contributed by atoms with Crippen LogP contribution in [0.3, 0.4) is 0 Å². The zero-order valence-corrected chi connectivity index (χ0v) is 12.6. The van der Waals surface area contributed by atoms with E-state index in [-0.39, 0.29) is 4.90 Å². The molecule has 0 saturated heterocycles. The summed E-state index contributed by atoms with van der Waals surface area (Å²) in [5.41, 5.74) is 0.331. The van der Waals surface area contributed by atoms with Crippen LogP contribution in [0.1, 0.15) is 0 Å². The minimum Gasteiger partial charge on any atom is -0.280 e. The third kappa shape index (κ3) is 3.46. The lowest BCUT2D eigenvalue weighted by Gasteiger charge is -2.08. The van der Waals surface area contributed by atoms with Gasteiger partial charge in [0.15, 0.2) is 0 Å². The lowest BCUT2D eigenvalue weighted by atomic mass is 10.3. The van der Waals surface area contributed by atoms with Crippen LogP contribution in [0.15, 0.2) is 51.8 Å². The second kappa shape index (κ2) is 5.48. The van der Waals surface area contributed by atoms with Crippen molar-refractivity contribution in [3.63, 3.8) is 0 Å². The highest BCUT2D eigenvalue weighted by atomic mass is 79.9. The molecule has 7 heteroatoms. The normalized spacial score (nSPS) is 11.3. The van der Waals surface area contributed by atoms with Gasteiger partial charge >= 0.3 is 0 Å². The SMILES string of the molecule is O=S(=O)(Nc1ccc(Br)c(Cl)c1)c1ccc(F)cc1. The molecule has 2 aromatic carbocycles. The summed E-state index contributed by atoms with van der Waals surface area (Å²) in [5.74, 6) is -0.495.